The third-order valence-electron chi connectivity index (χ3n) is 4.42. The number of amides is 3. The van der Waals surface area contributed by atoms with Crippen LogP contribution in [0.3, 0.4) is 0 Å². The van der Waals surface area contributed by atoms with Gasteiger partial charge >= 0.3 is 6.03 Å². The summed E-state index contributed by atoms with van der Waals surface area (Å²) in [5, 5.41) is 14.2. The van der Waals surface area contributed by atoms with Gasteiger partial charge in [0.2, 0.25) is 5.91 Å². The van der Waals surface area contributed by atoms with Gasteiger partial charge in [-0.1, -0.05) is 59.8 Å². The summed E-state index contributed by atoms with van der Waals surface area (Å²) in [7, 11) is 0. The molecule has 0 spiro atoms. The zero-order chi connectivity index (χ0) is 21.5. The van der Waals surface area contributed by atoms with Crippen LogP contribution in [-0.4, -0.2) is 39.0 Å². The molecule has 1 aromatic heterocycles. The van der Waals surface area contributed by atoms with Crippen LogP contribution in [0.25, 0.3) is 5.69 Å². The summed E-state index contributed by atoms with van der Waals surface area (Å²) in [4.78, 5) is 23.7. The summed E-state index contributed by atoms with van der Waals surface area (Å²) in [6.45, 7) is 6.34. The molecule has 0 saturated carbocycles. The number of rotatable bonds is 7. The highest BCUT2D eigenvalue weighted by Crippen LogP contribution is 2.26. The second-order valence-electron chi connectivity index (χ2n) is 6.88. The fraction of sp³-hybridized carbons (Fsp3) is 0.273. The van der Waals surface area contributed by atoms with Crippen molar-refractivity contribution in [3.63, 3.8) is 0 Å². The van der Waals surface area contributed by atoms with Crippen molar-refractivity contribution in [1.29, 1.82) is 0 Å². The van der Waals surface area contributed by atoms with E-state index in [0.717, 1.165) is 22.6 Å². The van der Waals surface area contributed by atoms with Crippen molar-refractivity contribution < 1.29 is 9.59 Å². The number of carbonyl (C=O) groups is 2. The van der Waals surface area contributed by atoms with Gasteiger partial charge in [-0.25, -0.2) is 4.79 Å². The van der Waals surface area contributed by atoms with Crippen molar-refractivity contribution in [2.45, 2.75) is 32.3 Å². The number of hydrogen-bond donors (Lipinski definition) is 2. The topological polar surface area (TPSA) is 88.9 Å². The largest absolute Gasteiger partial charge is 0.338 e. The number of thioether (sulfide) groups is 1. The maximum Gasteiger partial charge on any atom is 0.321 e. The first-order valence-electron chi connectivity index (χ1n) is 9.74. The molecule has 0 aliphatic rings. The van der Waals surface area contributed by atoms with Crippen molar-refractivity contribution in [3.05, 3.63) is 71.0 Å². The minimum atomic E-state index is -0.497. The van der Waals surface area contributed by atoms with Gasteiger partial charge in [0, 0.05) is 13.0 Å². The van der Waals surface area contributed by atoms with Gasteiger partial charge in [0.1, 0.15) is 5.82 Å². The molecule has 0 aliphatic heterocycles. The summed E-state index contributed by atoms with van der Waals surface area (Å²) < 4.78 is 1.99. The number of urea groups is 1. The Morgan fingerprint density at radius 2 is 1.83 bits per heavy atom. The van der Waals surface area contributed by atoms with E-state index in [0.29, 0.717) is 18.1 Å². The first kappa shape index (κ1) is 21.6. The lowest BCUT2D eigenvalue weighted by Crippen LogP contribution is -2.40. The highest BCUT2D eigenvalue weighted by molar-refractivity contribution is 7.99. The van der Waals surface area contributed by atoms with E-state index < -0.39 is 6.03 Å². The minimum Gasteiger partial charge on any atom is -0.338 e. The summed E-state index contributed by atoms with van der Waals surface area (Å²) in [6, 6.07) is 15.8. The summed E-state index contributed by atoms with van der Waals surface area (Å²) in [5.41, 5.74) is 4.37. The van der Waals surface area contributed by atoms with E-state index in [1.54, 1.807) is 6.92 Å². The lowest BCUT2D eigenvalue weighted by Gasteiger charge is -2.13. The van der Waals surface area contributed by atoms with E-state index >= 15 is 0 Å². The number of hydrogen-bond acceptors (Lipinski definition) is 5. The molecule has 0 bridgehead atoms. The molecule has 2 aromatic carbocycles. The number of nitrogens with zero attached hydrogens (tertiary/aromatic N) is 3. The van der Waals surface area contributed by atoms with E-state index in [-0.39, 0.29) is 11.7 Å². The monoisotopic (exact) mass is 423 g/mol. The highest BCUT2D eigenvalue weighted by atomic mass is 32.2. The maximum absolute atomic E-state index is 12.1. The smallest absolute Gasteiger partial charge is 0.321 e. The SMILES string of the molecule is CCNC(=O)NC(=O)CSc1nnc(Cc2ccccc2)n1-c1ccc(C)cc1C. The zero-order valence-corrected chi connectivity index (χ0v) is 18.1. The van der Waals surface area contributed by atoms with Crippen LogP contribution in [0.15, 0.2) is 53.7 Å². The Morgan fingerprint density at radius 1 is 1.07 bits per heavy atom. The van der Waals surface area contributed by atoms with Crippen molar-refractivity contribution in [2.75, 3.05) is 12.3 Å². The quantitative estimate of drug-likeness (QED) is 0.569. The zero-order valence-electron chi connectivity index (χ0n) is 17.3. The van der Waals surface area contributed by atoms with Crippen LogP contribution in [-0.2, 0) is 11.2 Å². The molecule has 3 aromatic rings. The van der Waals surface area contributed by atoms with Gasteiger partial charge in [-0.05, 0) is 38.0 Å². The van der Waals surface area contributed by atoms with Gasteiger partial charge in [0.05, 0.1) is 11.4 Å². The maximum atomic E-state index is 12.1. The molecule has 0 radical (unpaired) electrons. The van der Waals surface area contributed by atoms with Gasteiger partial charge < -0.3 is 5.32 Å². The molecule has 0 fully saturated rings. The van der Waals surface area contributed by atoms with E-state index in [1.165, 1.54) is 17.3 Å². The van der Waals surface area contributed by atoms with Gasteiger partial charge in [0.15, 0.2) is 5.16 Å². The molecule has 3 amide bonds. The van der Waals surface area contributed by atoms with Crippen LogP contribution in [0.2, 0.25) is 0 Å². The van der Waals surface area contributed by atoms with Crippen LogP contribution < -0.4 is 10.6 Å². The van der Waals surface area contributed by atoms with Crippen molar-refractivity contribution >= 4 is 23.7 Å². The summed E-state index contributed by atoms with van der Waals surface area (Å²) >= 11 is 1.25. The second-order valence-corrected chi connectivity index (χ2v) is 7.83. The number of benzene rings is 2. The molecule has 30 heavy (non-hydrogen) atoms. The summed E-state index contributed by atoms with van der Waals surface area (Å²) in [6.07, 6.45) is 0.618. The van der Waals surface area contributed by atoms with Crippen molar-refractivity contribution in [1.82, 2.24) is 25.4 Å². The van der Waals surface area contributed by atoms with Crippen LogP contribution >= 0.6 is 11.8 Å². The molecular formula is C22H25N5O2S. The highest BCUT2D eigenvalue weighted by Gasteiger charge is 2.18. The Labute approximate surface area is 180 Å². The predicted molar refractivity (Wildman–Crippen MR) is 118 cm³/mol. The first-order valence-corrected chi connectivity index (χ1v) is 10.7. The van der Waals surface area contributed by atoms with Crippen LogP contribution in [0.1, 0.15) is 29.4 Å². The number of aromatic nitrogens is 3. The van der Waals surface area contributed by atoms with Gasteiger partial charge in [-0.3, -0.25) is 14.7 Å². The molecule has 156 valence electrons. The molecular weight excluding hydrogens is 398 g/mol. The van der Waals surface area contributed by atoms with Gasteiger partial charge in [-0.2, -0.15) is 0 Å². The number of imide groups is 1. The summed E-state index contributed by atoms with van der Waals surface area (Å²) in [5.74, 6) is 0.469. The molecule has 0 aliphatic carbocycles. The molecule has 7 nitrogen and oxygen atoms in total. The lowest BCUT2D eigenvalue weighted by molar-refractivity contribution is -0.117. The van der Waals surface area contributed by atoms with E-state index in [9.17, 15) is 9.59 Å². The first-order chi connectivity index (χ1) is 14.5. The van der Waals surface area contributed by atoms with Crippen LogP contribution in [0, 0.1) is 13.8 Å². The minimum absolute atomic E-state index is 0.0610. The third-order valence-corrected chi connectivity index (χ3v) is 5.35. The fourth-order valence-corrected chi connectivity index (χ4v) is 3.85. The van der Waals surface area contributed by atoms with Crippen molar-refractivity contribution in [2.24, 2.45) is 0 Å². The molecule has 8 heteroatoms. The van der Waals surface area contributed by atoms with Gasteiger partial charge in [-0.15, -0.1) is 10.2 Å². The Morgan fingerprint density at radius 3 is 2.53 bits per heavy atom. The fourth-order valence-electron chi connectivity index (χ4n) is 3.08. The van der Waals surface area contributed by atoms with E-state index in [2.05, 4.69) is 33.8 Å². The Balaban J connectivity index is 1.87. The van der Waals surface area contributed by atoms with Gasteiger partial charge in [0.25, 0.3) is 0 Å². The molecule has 3 rings (SSSR count). The normalized spacial score (nSPS) is 10.6. The number of aryl methyl sites for hydroxylation is 2. The van der Waals surface area contributed by atoms with Crippen LogP contribution in [0.5, 0.6) is 0 Å². The molecule has 0 unspecified atom stereocenters. The molecule has 0 saturated heterocycles. The average Bonchev–Trinajstić information content (AvgIpc) is 3.09. The Kier molecular flexibility index (Phi) is 7.24. The Hall–Kier alpha value is -3.13. The molecule has 1 heterocycles. The third kappa shape index (κ3) is 5.48. The van der Waals surface area contributed by atoms with Crippen LogP contribution in [0.4, 0.5) is 4.79 Å². The Bertz CT molecular complexity index is 1030. The standard InChI is InChI=1S/C22H25N5O2S/c1-4-23-21(29)24-20(28)14-30-22-26-25-19(13-17-8-6-5-7-9-17)27(22)18-11-10-15(2)12-16(18)3/h5-12H,4,13-14H2,1-3H3,(H2,23,24,28,29). The molecule has 0 atom stereocenters. The number of carbonyl (C=O) groups excluding carboxylic acids is 2. The lowest BCUT2D eigenvalue weighted by atomic mass is 10.1. The molecule has 2 N–H and O–H groups in total. The average molecular weight is 424 g/mol. The predicted octanol–water partition coefficient (Wildman–Crippen LogP) is 3.41. The van der Waals surface area contributed by atoms with Crippen molar-refractivity contribution in [3.8, 4) is 5.69 Å². The number of nitrogens with one attached hydrogen (secondary N) is 2. The van der Waals surface area contributed by atoms with E-state index in [1.807, 2.05) is 54.0 Å². The van der Waals surface area contributed by atoms with E-state index in [4.69, 9.17) is 0 Å². The second kappa shape index (κ2) is 10.1.